The minimum Gasteiger partial charge on any atom is -0.337 e. The molecule has 2 fully saturated rings. The summed E-state index contributed by atoms with van der Waals surface area (Å²) in [6.45, 7) is 9.08. The van der Waals surface area contributed by atoms with Crippen LogP contribution in [0.1, 0.15) is 62.5 Å². The standard InChI is InChI=1S/C18H29N5O/c1-15(2)8-12-21-9-6-7-16(13-21)23-14-17(19-20-23)18(24)22-10-4-3-5-11-22/h8,14,16H,3-7,9-13H2,1-2H3. The van der Waals surface area contributed by atoms with Crippen LogP contribution in [0.15, 0.2) is 17.8 Å². The number of piperidine rings is 2. The normalized spacial score (nSPS) is 22.4. The molecule has 0 aromatic carbocycles. The zero-order valence-electron chi connectivity index (χ0n) is 14.9. The topological polar surface area (TPSA) is 54.3 Å². The molecule has 0 radical (unpaired) electrons. The molecule has 0 spiro atoms. The first-order valence-electron chi connectivity index (χ1n) is 9.20. The van der Waals surface area contributed by atoms with Gasteiger partial charge in [0, 0.05) is 26.2 Å². The monoisotopic (exact) mass is 331 g/mol. The van der Waals surface area contributed by atoms with Crippen LogP contribution in [-0.4, -0.2) is 63.4 Å². The molecule has 1 aromatic heterocycles. The fourth-order valence-electron chi connectivity index (χ4n) is 3.54. The molecule has 0 aliphatic carbocycles. The Morgan fingerprint density at radius 3 is 2.75 bits per heavy atom. The van der Waals surface area contributed by atoms with E-state index in [2.05, 4.69) is 35.1 Å². The van der Waals surface area contributed by atoms with E-state index in [0.29, 0.717) is 11.7 Å². The van der Waals surface area contributed by atoms with E-state index < -0.39 is 0 Å². The van der Waals surface area contributed by atoms with Crippen LogP contribution in [0.25, 0.3) is 0 Å². The van der Waals surface area contributed by atoms with Gasteiger partial charge >= 0.3 is 0 Å². The summed E-state index contributed by atoms with van der Waals surface area (Å²) >= 11 is 0. The molecule has 3 rings (SSSR count). The molecular weight excluding hydrogens is 302 g/mol. The lowest BCUT2D eigenvalue weighted by molar-refractivity contribution is 0.0718. The van der Waals surface area contributed by atoms with Crippen LogP contribution in [-0.2, 0) is 0 Å². The molecule has 6 heteroatoms. The molecule has 1 aromatic rings. The third-order valence-electron chi connectivity index (χ3n) is 4.99. The molecule has 2 aliphatic heterocycles. The van der Waals surface area contributed by atoms with Gasteiger partial charge in [-0.3, -0.25) is 9.69 Å². The third kappa shape index (κ3) is 4.23. The Hall–Kier alpha value is -1.69. The van der Waals surface area contributed by atoms with Gasteiger partial charge < -0.3 is 4.90 Å². The lowest BCUT2D eigenvalue weighted by atomic mass is 10.1. The first-order valence-corrected chi connectivity index (χ1v) is 9.20. The van der Waals surface area contributed by atoms with Crippen molar-refractivity contribution in [3.8, 4) is 0 Å². The molecular formula is C18H29N5O. The first-order chi connectivity index (χ1) is 11.6. The van der Waals surface area contributed by atoms with Gasteiger partial charge in [0.05, 0.1) is 12.2 Å². The fourth-order valence-corrected chi connectivity index (χ4v) is 3.54. The molecule has 1 amide bonds. The number of aromatic nitrogens is 3. The van der Waals surface area contributed by atoms with E-state index in [1.54, 1.807) is 0 Å². The maximum absolute atomic E-state index is 12.5. The number of carbonyl (C=O) groups excluding carboxylic acids is 1. The highest BCUT2D eigenvalue weighted by Gasteiger charge is 2.25. The van der Waals surface area contributed by atoms with Gasteiger partial charge in [-0.2, -0.15) is 0 Å². The number of allylic oxidation sites excluding steroid dienone is 1. The summed E-state index contributed by atoms with van der Waals surface area (Å²) in [5, 5.41) is 8.42. The van der Waals surface area contributed by atoms with Crippen LogP contribution in [0.4, 0.5) is 0 Å². The predicted molar refractivity (Wildman–Crippen MR) is 93.9 cm³/mol. The van der Waals surface area contributed by atoms with E-state index >= 15 is 0 Å². The van der Waals surface area contributed by atoms with Gasteiger partial charge in [0.15, 0.2) is 5.69 Å². The van der Waals surface area contributed by atoms with Crippen molar-refractivity contribution < 1.29 is 4.79 Å². The Bertz CT molecular complexity index is 584. The molecule has 3 heterocycles. The van der Waals surface area contributed by atoms with Crippen molar-refractivity contribution in [2.24, 2.45) is 0 Å². The summed E-state index contributed by atoms with van der Waals surface area (Å²) in [4.78, 5) is 16.9. The Labute approximate surface area is 144 Å². The van der Waals surface area contributed by atoms with Gasteiger partial charge in [0.25, 0.3) is 5.91 Å². The number of hydrogen-bond donors (Lipinski definition) is 0. The van der Waals surface area contributed by atoms with Crippen molar-refractivity contribution in [3.05, 3.63) is 23.5 Å². The van der Waals surface area contributed by atoms with Gasteiger partial charge in [-0.15, -0.1) is 5.10 Å². The SMILES string of the molecule is CC(C)=CCN1CCCC(n2cc(C(=O)N3CCCCC3)nn2)C1. The summed E-state index contributed by atoms with van der Waals surface area (Å²) in [6.07, 6.45) is 9.81. The van der Waals surface area contributed by atoms with E-state index in [1.165, 1.54) is 12.0 Å². The molecule has 0 N–H and O–H groups in total. The second-order valence-electron chi connectivity index (χ2n) is 7.27. The summed E-state index contributed by atoms with van der Waals surface area (Å²) < 4.78 is 1.91. The minimum atomic E-state index is 0.0400. The van der Waals surface area contributed by atoms with Crippen molar-refractivity contribution in [2.75, 3.05) is 32.7 Å². The predicted octanol–water partition coefficient (Wildman–Crippen LogP) is 2.51. The van der Waals surface area contributed by atoms with Crippen molar-refractivity contribution >= 4 is 5.91 Å². The van der Waals surface area contributed by atoms with Crippen molar-refractivity contribution in [2.45, 2.75) is 52.0 Å². The Morgan fingerprint density at radius 2 is 2.00 bits per heavy atom. The molecule has 132 valence electrons. The molecule has 2 aliphatic rings. The second kappa shape index (κ2) is 7.92. The number of rotatable bonds is 4. The van der Waals surface area contributed by atoms with Crippen LogP contribution >= 0.6 is 0 Å². The van der Waals surface area contributed by atoms with Gasteiger partial charge in [-0.1, -0.05) is 16.9 Å². The van der Waals surface area contributed by atoms with Gasteiger partial charge in [0.2, 0.25) is 0 Å². The fraction of sp³-hybridized carbons (Fsp3) is 0.722. The lowest BCUT2D eigenvalue weighted by Gasteiger charge is -2.31. The highest BCUT2D eigenvalue weighted by molar-refractivity contribution is 5.91. The Kier molecular flexibility index (Phi) is 5.66. The van der Waals surface area contributed by atoms with E-state index in [-0.39, 0.29) is 5.91 Å². The van der Waals surface area contributed by atoms with Crippen LogP contribution in [0, 0.1) is 0 Å². The van der Waals surface area contributed by atoms with Gasteiger partial charge in [-0.25, -0.2) is 4.68 Å². The molecule has 6 nitrogen and oxygen atoms in total. The van der Waals surface area contributed by atoms with Crippen LogP contribution in [0.3, 0.4) is 0 Å². The minimum absolute atomic E-state index is 0.0400. The molecule has 2 saturated heterocycles. The molecule has 24 heavy (non-hydrogen) atoms. The second-order valence-corrected chi connectivity index (χ2v) is 7.27. The summed E-state index contributed by atoms with van der Waals surface area (Å²) in [5.74, 6) is 0.0400. The zero-order valence-corrected chi connectivity index (χ0v) is 14.9. The zero-order chi connectivity index (χ0) is 16.9. The summed E-state index contributed by atoms with van der Waals surface area (Å²) in [6, 6.07) is 0.319. The van der Waals surface area contributed by atoms with E-state index in [0.717, 1.165) is 58.4 Å². The van der Waals surface area contributed by atoms with Gasteiger partial charge in [0.1, 0.15) is 0 Å². The van der Waals surface area contributed by atoms with Gasteiger partial charge in [-0.05, 0) is 52.5 Å². The van der Waals surface area contributed by atoms with Crippen molar-refractivity contribution in [1.82, 2.24) is 24.8 Å². The van der Waals surface area contributed by atoms with Crippen molar-refractivity contribution in [1.29, 1.82) is 0 Å². The maximum Gasteiger partial charge on any atom is 0.276 e. The molecule has 0 saturated carbocycles. The number of carbonyl (C=O) groups is 1. The quantitative estimate of drug-likeness (QED) is 0.796. The summed E-state index contributed by atoms with van der Waals surface area (Å²) in [7, 11) is 0. The number of amides is 1. The van der Waals surface area contributed by atoms with Crippen LogP contribution in [0.2, 0.25) is 0 Å². The highest BCUT2D eigenvalue weighted by Crippen LogP contribution is 2.21. The highest BCUT2D eigenvalue weighted by atomic mass is 16.2. The number of nitrogens with zero attached hydrogens (tertiary/aromatic N) is 5. The molecule has 0 bridgehead atoms. The Morgan fingerprint density at radius 1 is 1.21 bits per heavy atom. The first kappa shape index (κ1) is 17.1. The number of likely N-dealkylation sites (tertiary alicyclic amines) is 2. The average molecular weight is 331 g/mol. The maximum atomic E-state index is 12.5. The molecule has 1 unspecified atom stereocenters. The van der Waals surface area contributed by atoms with Crippen LogP contribution in [0.5, 0.6) is 0 Å². The lowest BCUT2D eigenvalue weighted by Crippen LogP contribution is -2.37. The van der Waals surface area contributed by atoms with Crippen LogP contribution < -0.4 is 0 Å². The Balaban J connectivity index is 1.62. The van der Waals surface area contributed by atoms with E-state index in [9.17, 15) is 4.79 Å². The van der Waals surface area contributed by atoms with E-state index in [4.69, 9.17) is 0 Å². The third-order valence-corrected chi connectivity index (χ3v) is 4.99. The average Bonchev–Trinajstić information content (AvgIpc) is 3.10. The number of hydrogen-bond acceptors (Lipinski definition) is 4. The smallest absolute Gasteiger partial charge is 0.276 e. The summed E-state index contributed by atoms with van der Waals surface area (Å²) in [5.41, 5.74) is 1.85. The van der Waals surface area contributed by atoms with Crippen molar-refractivity contribution in [3.63, 3.8) is 0 Å². The van der Waals surface area contributed by atoms with E-state index in [1.807, 2.05) is 15.8 Å². The molecule has 1 atom stereocenters. The largest absolute Gasteiger partial charge is 0.337 e.